The first-order valence-electron chi connectivity index (χ1n) is 12.0. The second-order valence-corrected chi connectivity index (χ2v) is 10.6. The van der Waals surface area contributed by atoms with E-state index >= 15 is 0 Å². The highest BCUT2D eigenvalue weighted by atomic mass is 32.2. The molecule has 1 unspecified atom stereocenters. The van der Waals surface area contributed by atoms with Crippen molar-refractivity contribution in [2.75, 3.05) is 11.8 Å². The van der Waals surface area contributed by atoms with Gasteiger partial charge in [0.15, 0.2) is 0 Å². The van der Waals surface area contributed by atoms with Gasteiger partial charge in [-0.3, -0.25) is 9.00 Å². The minimum Gasteiger partial charge on any atom is -0.755 e. The molecule has 37 heavy (non-hydrogen) atoms. The van der Waals surface area contributed by atoms with Gasteiger partial charge in [-0.1, -0.05) is 42.5 Å². The van der Waals surface area contributed by atoms with Gasteiger partial charge in [0.1, 0.15) is 11.0 Å². The molecule has 1 aromatic heterocycles. The van der Waals surface area contributed by atoms with Crippen LogP contribution in [0.3, 0.4) is 0 Å². The van der Waals surface area contributed by atoms with E-state index in [0.29, 0.717) is 18.5 Å². The van der Waals surface area contributed by atoms with Crippen LogP contribution in [0.1, 0.15) is 45.6 Å². The van der Waals surface area contributed by atoms with E-state index in [-0.39, 0.29) is 5.91 Å². The van der Waals surface area contributed by atoms with Crippen LogP contribution in [0.5, 0.6) is 0 Å². The fraction of sp³-hybridized carbons (Fsp3) is 0.346. The van der Waals surface area contributed by atoms with Gasteiger partial charge in [0.2, 0.25) is 5.91 Å². The van der Waals surface area contributed by atoms with Crippen molar-refractivity contribution in [2.24, 2.45) is 0 Å². The third-order valence-corrected chi connectivity index (χ3v) is 7.82. The maximum atomic E-state index is 13.5. The molecular weight excluding hydrogens is 512 g/mol. The lowest BCUT2D eigenvalue weighted by atomic mass is 10.0. The average molecular weight is 542 g/mol. The van der Waals surface area contributed by atoms with Gasteiger partial charge in [-0.25, -0.2) is 9.78 Å². The zero-order valence-corrected chi connectivity index (χ0v) is 22.0. The zero-order valence-electron chi connectivity index (χ0n) is 20.4. The number of aromatic nitrogens is 1. The number of methoxy groups -OCH3 is 1. The molecule has 0 spiro atoms. The van der Waals surface area contributed by atoms with Crippen molar-refractivity contribution in [2.45, 2.75) is 50.6 Å². The molecule has 0 aliphatic heterocycles. The largest absolute Gasteiger partial charge is 0.755 e. The predicted octanol–water partition coefficient (Wildman–Crippen LogP) is 3.60. The molecular formula is C26H29N4O5S2-. The van der Waals surface area contributed by atoms with E-state index in [0.717, 1.165) is 47.5 Å². The highest BCUT2D eigenvalue weighted by Crippen LogP contribution is 2.31. The van der Waals surface area contributed by atoms with Gasteiger partial charge in [-0.15, -0.1) is 11.3 Å². The molecule has 0 saturated carbocycles. The SMILES string of the molecule is COC(=O)N[C@@H](Cc1ccccc1)C(=O)N[C@@H](Cc1ccc(NS(=O)[O-])cc1)c1nc2c(s1)CCCC2. The van der Waals surface area contributed by atoms with Crippen LogP contribution in [0.4, 0.5) is 10.5 Å². The lowest BCUT2D eigenvalue weighted by Gasteiger charge is -2.22. The van der Waals surface area contributed by atoms with Crippen LogP contribution in [0.2, 0.25) is 0 Å². The van der Waals surface area contributed by atoms with Crippen molar-refractivity contribution in [3.05, 3.63) is 81.3 Å². The Morgan fingerprint density at radius 3 is 2.41 bits per heavy atom. The summed E-state index contributed by atoms with van der Waals surface area (Å²) >= 11 is -0.787. The van der Waals surface area contributed by atoms with Crippen LogP contribution in [0.15, 0.2) is 54.6 Å². The molecule has 0 bridgehead atoms. The van der Waals surface area contributed by atoms with Crippen molar-refractivity contribution < 1.29 is 23.1 Å². The summed E-state index contributed by atoms with van der Waals surface area (Å²) < 4.78 is 28.9. The number of nitrogens with one attached hydrogen (secondary N) is 3. The Bertz CT molecular complexity index is 1210. The molecule has 196 valence electrons. The summed E-state index contributed by atoms with van der Waals surface area (Å²) in [4.78, 5) is 31.7. The number of aryl methyl sites for hydroxylation is 2. The summed E-state index contributed by atoms with van der Waals surface area (Å²) in [6.07, 6.45) is 4.22. The Kier molecular flexibility index (Phi) is 9.26. The summed E-state index contributed by atoms with van der Waals surface area (Å²) in [5.41, 5.74) is 3.35. The van der Waals surface area contributed by atoms with Crippen LogP contribution >= 0.6 is 11.3 Å². The van der Waals surface area contributed by atoms with E-state index in [9.17, 15) is 18.4 Å². The lowest BCUT2D eigenvalue weighted by Crippen LogP contribution is -2.49. The topological polar surface area (TPSA) is 132 Å². The summed E-state index contributed by atoms with van der Waals surface area (Å²) in [6, 6.07) is 15.2. The fourth-order valence-electron chi connectivity index (χ4n) is 4.29. The van der Waals surface area contributed by atoms with E-state index in [1.807, 2.05) is 42.5 Å². The number of anilines is 1. The molecule has 1 aliphatic carbocycles. The molecule has 2 aromatic carbocycles. The number of fused-ring (bicyclic) bond motifs is 1. The summed E-state index contributed by atoms with van der Waals surface area (Å²) in [7, 11) is 1.26. The van der Waals surface area contributed by atoms with Crippen LogP contribution in [0.25, 0.3) is 0 Å². The quantitative estimate of drug-likeness (QED) is 0.336. The number of nitrogens with zero attached hydrogens (tertiary/aromatic N) is 1. The van der Waals surface area contributed by atoms with Gasteiger partial charge in [0, 0.05) is 28.3 Å². The number of alkyl carbamates (subject to hydrolysis) is 1. The molecule has 11 heteroatoms. The molecule has 0 radical (unpaired) electrons. The second-order valence-electron chi connectivity index (χ2n) is 8.81. The Hall–Kier alpha value is -3.28. The third-order valence-electron chi connectivity index (χ3n) is 6.15. The molecule has 2 amide bonds. The molecule has 0 fully saturated rings. The van der Waals surface area contributed by atoms with Crippen molar-refractivity contribution in [3.8, 4) is 0 Å². The smallest absolute Gasteiger partial charge is 0.407 e. The van der Waals surface area contributed by atoms with Crippen molar-refractivity contribution >= 4 is 40.3 Å². The van der Waals surface area contributed by atoms with Crippen molar-refractivity contribution in [3.63, 3.8) is 0 Å². The van der Waals surface area contributed by atoms with E-state index < -0.39 is 29.4 Å². The number of rotatable bonds is 10. The Balaban J connectivity index is 1.57. The number of hydrogen-bond donors (Lipinski definition) is 3. The summed E-state index contributed by atoms with van der Waals surface area (Å²) in [5.74, 6) is -0.340. The summed E-state index contributed by atoms with van der Waals surface area (Å²) in [5, 5.41) is 6.58. The number of ether oxygens (including phenoxy) is 1. The second kappa shape index (κ2) is 12.8. The molecule has 3 aromatic rings. The summed E-state index contributed by atoms with van der Waals surface area (Å²) in [6.45, 7) is 0. The lowest BCUT2D eigenvalue weighted by molar-refractivity contribution is -0.123. The molecule has 1 aliphatic rings. The van der Waals surface area contributed by atoms with E-state index in [4.69, 9.17) is 9.72 Å². The van der Waals surface area contributed by atoms with Gasteiger partial charge in [-0.05, 0) is 55.4 Å². The first kappa shape index (κ1) is 26.8. The van der Waals surface area contributed by atoms with Gasteiger partial charge in [-0.2, -0.15) is 0 Å². The number of amides is 2. The van der Waals surface area contributed by atoms with Crippen molar-refractivity contribution in [1.82, 2.24) is 15.6 Å². The zero-order chi connectivity index (χ0) is 26.2. The first-order chi connectivity index (χ1) is 17.9. The van der Waals surface area contributed by atoms with Crippen LogP contribution in [0, 0.1) is 0 Å². The Morgan fingerprint density at radius 1 is 1.03 bits per heavy atom. The number of thiazole rings is 1. The number of hydrogen-bond acceptors (Lipinski definition) is 7. The van der Waals surface area contributed by atoms with Crippen LogP contribution in [-0.2, 0) is 46.5 Å². The van der Waals surface area contributed by atoms with Crippen LogP contribution < -0.4 is 15.4 Å². The monoisotopic (exact) mass is 541 g/mol. The fourth-order valence-corrected chi connectivity index (χ4v) is 5.83. The predicted molar refractivity (Wildman–Crippen MR) is 142 cm³/mol. The van der Waals surface area contributed by atoms with E-state index in [1.54, 1.807) is 23.5 Å². The highest BCUT2D eigenvalue weighted by molar-refractivity contribution is 7.80. The maximum absolute atomic E-state index is 13.5. The number of carbonyl (C=O) groups excluding carboxylic acids is 2. The first-order valence-corrected chi connectivity index (χ1v) is 13.9. The Labute approximate surface area is 222 Å². The maximum Gasteiger partial charge on any atom is 0.407 e. The van der Waals surface area contributed by atoms with E-state index in [1.165, 1.54) is 12.0 Å². The van der Waals surface area contributed by atoms with Gasteiger partial charge >= 0.3 is 6.09 Å². The standard InChI is InChI=1S/C26H30N4O5S2/c1-35-26(32)29-21(15-17-7-3-2-4-8-17)24(31)27-22(25-28-20-9-5-6-10-23(20)36-25)16-18-11-13-19(14-12-18)30-37(33)34/h2-4,7-8,11-14,21-22,30H,5-6,9-10,15-16H2,1H3,(H,27,31)(H,29,32)(H,33,34)/p-1/t21-,22-/m0/s1. The molecule has 4 rings (SSSR count). The van der Waals surface area contributed by atoms with Crippen LogP contribution in [-0.4, -0.2) is 38.9 Å². The molecule has 0 saturated heterocycles. The van der Waals surface area contributed by atoms with Crippen molar-refractivity contribution in [1.29, 1.82) is 0 Å². The normalized spacial score (nSPS) is 15.1. The minimum atomic E-state index is -2.41. The van der Waals surface area contributed by atoms with Gasteiger partial charge in [0.05, 0.1) is 18.8 Å². The van der Waals surface area contributed by atoms with E-state index in [2.05, 4.69) is 15.4 Å². The molecule has 3 N–H and O–H groups in total. The highest BCUT2D eigenvalue weighted by Gasteiger charge is 2.28. The molecule has 3 atom stereocenters. The number of benzene rings is 2. The molecule has 9 nitrogen and oxygen atoms in total. The van der Waals surface area contributed by atoms with Gasteiger partial charge in [0.25, 0.3) is 0 Å². The Morgan fingerprint density at radius 2 is 1.73 bits per heavy atom. The van der Waals surface area contributed by atoms with Gasteiger partial charge < -0.3 is 24.6 Å². The number of carbonyl (C=O) groups is 2. The average Bonchev–Trinajstić information content (AvgIpc) is 3.33. The third kappa shape index (κ3) is 7.61. The molecule has 1 heterocycles. The minimum absolute atomic E-state index is 0.301.